The first kappa shape index (κ1) is 67.9. The first-order valence-corrected chi connectivity index (χ1v) is 33.9. The molecule has 0 atom stereocenters. The summed E-state index contributed by atoms with van der Waals surface area (Å²) in [6.45, 7) is 0. The van der Waals surface area contributed by atoms with Gasteiger partial charge in [0.15, 0.2) is 34.5 Å². The van der Waals surface area contributed by atoms with E-state index in [2.05, 4.69) is 0 Å². The highest BCUT2D eigenvalue weighted by molar-refractivity contribution is 6.27. The maximum absolute atomic E-state index is 15.0. The monoisotopic (exact) mass is 1430 g/mol. The highest BCUT2D eigenvalue weighted by atomic mass is 16.6. The van der Waals surface area contributed by atoms with Crippen molar-refractivity contribution in [2.75, 3.05) is 42.7 Å². The van der Waals surface area contributed by atoms with Gasteiger partial charge in [0.25, 0.3) is 0 Å². The van der Waals surface area contributed by atoms with Crippen molar-refractivity contribution in [1.29, 1.82) is 0 Å². The molecule has 16 aromatic rings. The van der Waals surface area contributed by atoms with Gasteiger partial charge in [-0.15, -0.1) is 0 Å². The third kappa shape index (κ3) is 13.3. The van der Waals surface area contributed by atoms with Crippen molar-refractivity contribution in [3.05, 3.63) is 288 Å². The molecule has 0 saturated heterocycles. The summed E-state index contributed by atoms with van der Waals surface area (Å²) in [5.41, 5.74) is 0.759. The van der Waals surface area contributed by atoms with Gasteiger partial charge in [-0.05, 0) is 279 Å². The number of ether oxygens (including phenoxy) is 12. The van der Waals surface area contributed by atoms with Crippen LogP contribution < -0.4 is 56.8 Å². The van der Waals surface area contributed by atoms with E-state index in [4.69, 9.17) is 56.8 Å². The molecule has 0 aliphatic heterocycles. The number of methoxy groups -OCH3 is 6. The molecular weight excluding hydrogens is 1370 g/mol. The number of hydrogen-bond donors (Lipinski definition) is 0. The van der Waals surface area contributed by atoms with Gasteiger partial charge in [0, 0.05) is 0 Å². The molecule has 0 saturated carbocycles. The van der Waals surface area contributed by atoms with Crippen LogP contribution in [0.25, 0.3) is 97.0 Å². The van der Waals surface area contributed by atoms with E-state index in [1.807, 2.05) is 36.4 Å². The third-order valence-corrected chi connectivity index (χ3v) is 19.0. The summed E-state index contributed by atoms with van der Waals surface area (Å²) in [6.07, 6.45) is 0. The van der Waals surface area contributed by atoms with E-state index < -0.39 is 35.8 Å². The minimum atomic E-state index is -0.848. The van der Waals surface area contributed by atoms with Crippen molar-refractivity contribution in [3.8, 4) is 69.0 Å². The zero-order valence-corrected chi connectivity index (χ0v) is 58.6. The lowest BCUT2D eigenvalue weighted by molar-refractivity contribution is 0.0682. The zero-order valence-electron chi connectivity index (χ0n) is 58.6. The van der Waals surface area contributed by atoms with Crippen LogP contribution in [0.4, 0.5) is 0 Å². The Morgan fingerprint density at radius 3 is 0.435 bits per heavy atom. The third-order valence-electron chi connectivity index (χ3n) is 19.0. The van der Waals surface area contributed by atoms with Gasteiger partial charge in [-0.3, -0.25) is 0 Å². The Morgan fingerprint density at radius 1 is 0.167 bits per heavy atom. The number of carbonyl (C=O) groups excluding carboxylic acids is 6. The Labute approximate surface area is 615 Å². The van der Waals surface area contributed by atoms with E-state index >= 15 is 0 Å². The van der Waals surface area contributed by atoms with E-state index in [9.17, 15) is 28.8 Å². The summed E-state index contributed by atoms with van der Waals surface area (Å²) in [4.78, 5) is 89.7. The molecule has 0 unspecified atom stereocenters. The van der Waals surface area contributed by atoms with Crippen molar-refractivity contribution >= 4 is 133 Å². The predicted octanol–water partition coefficient (Wildman–Crippen LogP) is 19.4. The highest BCUT2D eigenvalue weighted by Crippen LogP contribution is 2.49. The second kappa shape index (κ2) is 28.3. The molecule has 528 valence electrons. The van der Waals surface area contributed by atoms with Gasteiger partial charge in [0.2, 0.25) is 0 Å². The average molecular weight is 1430 g/mol. The van der Waals surface area contributed by atoms with Gasteiger partial charge >= 0.3 is 35.8 Å². The molecular formula is C90H60O18. The van der Waals surface area contributed by atoms with Gasteiger partial charge in [0.05, 0.1) is 76.0 Å². The Balaban J connectivity index is 0.936. The lowest BCUT2D eigenvalue weighted by Crippen LogP contribution is -2.14. The first-order valence-electron chi connectivity index (χ1n) is 33.9. The Morgan fingerprint density at radius 2 is 0.296 bits per heavy atom. The van der Waals surface area contributed by atoms with Crippen LogP contribution in [-0.4, -0.2) is 78.5 Å². The molecule has 0 heterocycles. The van der Waals surface area contributed by atoms with Crippen LogP contribution in [0.15, 0.2) is 255 Å². The van der Waals surface area contributed by atoms with E-state index in [1.54, 1.807) is 225 Å². The summed E-state index contributed by atoms with van der Waals surface area (Å²) >= 11 is 0. The standard InChI is InChI=1S/C90H60O18/c1-97-67-25-19-49-31-61(13-7-55(49)37-67)85(91)103-79-43-73-74(44-80(79)104-86(92)62-14-8-56-38-68(98-2)26-20-50(56)32-62)76-46-82(106-88(94)64-16-10-58-40-70(100-4)28-22-52(58)34-64)84(108-90(96)66-18-12-60-42-72(102-6)30-24-54(60)36-66)48-78(76)77-47-83(107-89(95)65-17-11-59-41-71(101-5)29-23-53(59)35-65)81(45-75(73)77)105-87(93)63-15-9-57-39-69(99-3)27-21-51(57)33-63/h7-48H,1-6H3. The van der Waals surface area contributed by atoms with E-state index in [1.165, 1.54) is 36.4 Å². The van der Waals surface area contributed by atoms with Crippen molar-refractivity contribution in [1.82, 2.24) is 0 Å². The van der Waals surface area contributed by atoms with E-state index in [-0.39, 0.29) is 100 Å². The van der Waals surface area contributed by atoms with E-state index in [0.717, 1.165) is 32.3 Å². The summed E-state index contributed by atoms with van der Waals surface area (Å²) in [7, 11) is 9.34. The van der Waals surface area contributed by atoms with Gasteiger partial charge in [-0.1, -0.05) is 72.8 Å². The van der Waals surface area contributed by atoms with Gasteiger partial charge < -0.3 is 56.8 Å². The SMILES string of the molecule is COc1ccc2cc(C(=O)Oc3cc4c5cc(OC(=O)c6ccc7cc(OC)ccc7c6)c(OC(=O)c6ccc7cc(OC)ccc7c6)cc5c5cc(OC(=O)c6ccc7cc(OC)ccc7c6)c(OC(=O)c6ccc7cc(OC)ccc7c6)cc5c4cc3OC(=O)c3ccc4cc(OC)ccc4c3)ccc2c1. The number of benzene rings is 16. The van der Waals surface area contributed by atoms with Crippen LogP contribution in [-0.2, 0) is 0 Å². The zero-order chi connectivity index (χ0) is 74.4. The minimum absolute atomic E-state index is 0.126. The van der Waals surface area contributed by atoms with Gasteiger partial charge in [0.1, 0.15) is 34.5 Å². The molecule has 18 nitrogen and oxygen atoms in total. The maximum atomic E-state index is 15.0. The molecule has 108 heavy (non-hydrogen) atoms. The topological polar surface area (TPSA) is 213 Å². The molecule has 16 aromatic carbocycles. The normalized spacial score (nSPS) is 11.3. The first-order chi connectivity index (χ1) is 52.6. The minimum Gasteiger partial charge on any atom is -0.497 e. The second-order valence-electron chi connectivity index (χ2n) is 25.4. The maximum Gasteiger partial charge on any atom is 0.343 e. The fourth-order valence-corrected chi connectivity index (χ4v) is 13.3. The van der Waals surface area contributed by atoms with Crippen LogP contribution >= 0.6 is 0 Å². The van der Waals surface area contributed by atoms with Crippen LogP contribution in [0.1, 0.15) is 62.1 Å². The molecule has 0 aromatic heterocycles. The van der Waals surface area contributed by atoms with Crippen LogP contribution in [0.2, 0.25) is 0 Å². The molecule has 0 radical (unpaired) electrons. The number of fused-ring (bicyclic) bond motifs is 12. The molecule has 0 N–H and O–H groups in total. The molecule has 0 amide bonds. The Kier molecular flexibility index (Phi) is 17.8. The number of esters is 6. The highest BCUT2D eigenvalue weighted by Gasteiger charge is 2.28. The van der Waals surface area contributed by atoms with Crippen LogP contribution in [0.3, 0.4) is 0 Å². The summed E-state index contributed by atoms with van der Waals surface area (Å²) < 4.78 is 71.6. The van der Waals surface area contributed by atoms with Crippen molar-refractivity contribution in [3.63, 3.8) is 0 Å². The lowest BCUT2D eigenvalue weighted by atomic mass is 9.93. The number of hydrogen-bond acceptors (Lipinski definition) is 18. The molecule has 18 heteroatoms. The van der Waals surface area contributed by atoms with E-state index in [0.29, 0.717) is 66.8 Å². The molecule has 0 aliphatic carbocycles. The Hall–Kier alpha value is -14.5. The smallest absolute Gasteiger partial charge is 0.343 e. The quantitative estimate of drug-likeness (QED) is 0.0444. The molecule has 0 aliphatic rings. The molecule has 0 fully saturated rings. The molecule has 0 spiro atoms. The van der Waals surface area contributed by atoms with Gasteiger partial charge in [-0.25, -0.2) is 28.8 Å². The molecule has 16 rings (SSSR count). The van der Waals surface area contributed by atoms with Gasteiger partial charge in [-0.2, -0.15) is 0 Å². The predicted molar refractivity (Wildman–Crippen MR) is 412 cm³/mol. The fraction of sp³-hybridized carbons (Fsp3) is 0.0667. The van der Waals surface area contributed by atoms with Crippen LogP contribution in [0, 0.1) is 0 Å². The van der Waals surface area contributed by atoms with Crippen molar-refractivity contribution in [2.24, 2.45) is 0 Å². The molecule has 0 bridgehead atoms. The second-order valence-corrected chi connectivity index (χ2v) is 25.4. The Bertz CT molecular complexity index is 5460. The number of carbonyl (C=O) groups is 6. The fourth-order valence-electron chi connectivity index (χ4n) is 13.3. The summed E-state index contributed by atoms with van der Waals surface area (Å²) in [6, 6.07) is 71.3. The summed E-state index contributed by atoms with van der Waals surface area (Å²) in [5.74, 6) is -2.97. The average Bonchev–Trinajstić information content (AvgIpc) is 0.720. The summed E-state index contributed by atoms with van der Waals surface area (Å²) in [5, 5.41) is 10.3. The largest absolute Gasteiger partial charge is 0.497 e. The lowest BCUT2D eigenvalue weighted by Gasteiger charge is -2.19. The van der Waals surface area contributed by atoms with Crippen molar-refractivity contribution in [2.45, 2.75) is 0 Å². The number of rotatable bonds is 18. The van der Waals surface area contributed by atoms with Crippen molar-refractivity contribution < 1.29 is 85.6 Å². The van der Waals surface area contributed by atoms with Crippen LogP contribution in [0.5, 0.6) is 69.0 Å².